The highest BCUT2D eigenvalue weighted by atomic mass is 28.5. The normalized spacial score (nSPS) is 14.0. The lowest BCUT2D eigenvalue weighted by atomic mass is 10.0. The van der Waals surface area contributed by atoms with Gasteiger partial charge in [-0.1, -0.05) is 48.6 Å². The van der Waals surface area contributed by atoms with Crippen molar-refractivity contribution in [2.45, 2.75) is 130 Å². The van der Waals surface area contributed by atoms with Gasteiger partial charge in [0.1, 0.15) is 33.5 Å². The number of aryl methyl sites for hydroxylation is 2. The molecule has 5 aromatic rings. The van der Waals surface area contributed by atoms with Crippen LogP contribution in [-0.4, -0.2) is 97.7 Å². The minimum Gasteiger partial charge on any atom is -0.505 e. The fraction of sp³-hybridized carbons (Fsp3) is 0.467. The van der Waals surface area contributed by atoms with Crippen molar-refractivity contribution in [1.82, 2.24) is 30.0 Å². The molecule has 0 atom stereocenters. The summed E-state index contributed by atoms with van der Waals surface area (Å²) in [6.07, 6.45) is 7.35. The summed E-state index contributed by atoms with van der Waals surface area (Å²) in [7, 11) is -14.8. The van der Waals surface area contributed by atoms with Gasteiger partial charge in [-0.05, 0) is 183 Å². The molecule has 0 aliphatic heterocycles. The van der Waals surface area contributed by atoms with Crippen molar-refractivity contribution >= 4 is 78.6 Å². The lowest BCUT2D eigenvalue weighted by Gasteiger charge is -2.43. The molecule has 2 N–H and O–H groups in total. The van der Waals surface area contributed by atoms with Crippen molar-refractivity contribution in [3.05, 3.63) is 102 Å². The first kappa shape index (κ1) is 51.5. The third-order valence-electron chi connectivity index (χ3n) is 10.4. The predicted octanol–water partition coefficient (Wildman–Crippen LogP) is 11.2. The van der Waals surface area contributed by atoms with Gasteiger partial charge in [0, 0.05) is 0 Å². The van der Waals surface area contributed by atoms with Gasteiger partial charge in [-0.3, -0.25) is 0 Å². The number of aromatic hydroxyl groups is 1. The zero-order valence-corrected chi connectivity index (χ0v) is 46.7. The van der Waals surface area contributed by atoms with Crippen LogP contribution in [0.3, 0.4) is 0 Å². The lowest BCUT2D eigenvalue weighted by Crippen LogP contribution is -2.60. The number of aliphatic hydroxyl groups is 1. The van der Waals surface area contributed by atoms with E-state index in [4.69, 9.17) is 20.6 Å². The van der Waals surface area contributed by atoms with E-state index in [1.807, 2.05) is 74.5 Å². The van der Waals surface area contributed by atoms with Crippen molar-refractivity contribution in [2.75, 3.05) is 6.61 Å². The number of fused-ring (bicyclic) bond motifs is 2. The molecule has 0 saturated heterocycles. The Hall–Kier alpha value is -3.46. The first-order chi connectivity index (χ1) is 29.6. The summed E-state index contributed by atoms with van der Waals surface area (Å²) in [4.78, 5) is 3.03. The average molecular weight is 978 g/mol. The summed E-state index contributed by atoms with van der Waals surface area (Å²) in [6.45, 7) is 34.1. The van der Waals surface area contributed by atoms with Crippen molar-refractivity contribution in [2.24, 2.45) is 0 Å². The van der Waals surface area contributed by atoms with Crippen LogP contribution in [0.25, 0.3) is 33.5 Å². The molecule has 2 heterocycles. The fourth-order valence-corrected chi connectivity index (χ4v) is 38.6. The third kappa shape index (κ3) is 15.3. The fourth-order valence-electron chi connectivity index (χ4n) is 8.73. The van der Waals surface area contributed by atoms with E-state index in [-0.39, 0.29) is 12.4 Å². The summed E-state index contributed by atoms with van der Waals surface area (Å²) in [5.41, 5.74) is 8.25. The van der Waals surface area contributed by atoms with E-state index < -0.39 is 50.9 Å². The first-order valence-corrected chi connectivity index (χ1v) is 39.8. The predicted molar refractivity (Wildman–Crippen MR) is 275 cm³/mol. The van der Waals surface area contributed by atoms with Crippen LogP contribution in [0.5, 0.6) is 5.75 Å². The van der Waals surface area contributed by atoms with E-state index in [2.05, 4.69) is 118 Å². The number of benzene rings is 3. The van der Waals surface area contributed by atoms with E-state index in [0.29, 0.717) is 17.8 Å². The summed E-state index contributed by atoms with van der Waals surface area (Å²) in [5, 5.41) is 39.6. The van der Waals surface area contributed by atoms with Gasteiger partial charge in [0.25, 0.3) is 0 Å². The Morgan fingerprint density at radius 3 is 1.55 bits per heavy atom. The molecule has 0 aliphatic carbocycles. The van der Waals surface area contributed by atoms with Gasteiger partial charge in [0.15, 0.2) is 16.6 Å². The first-order valence-electron chi connectivity index (χ1n) is 22.3. The maximum atomic E-state index is 11.3. The smallest absolute Gasteiger partial charge is 0.314 e. The molecule has 0 aliphatic rings. The molecule has 19 heteroatoms. The molecular weight excluding hydrogens is 905 g/mol. The van der Waals surface area contributed by atoms with E-state index in [9.17, 15) is 10.2 Å². The molecule has 13 nitrogen and oxygen atoms in total. The number of rotatable bonds is 23. The lowest BCUT2D eigenvalue weighted by molar-refractivity contribution is 0.281. The minimum absolute atomic E-state index is 0.181. The summed E-state index contributed by atoms with van der Waals surface area (Å²) >= 11 is 0. The minimum atomic E-state index is -2.68. The highest BCUT2D eigenvalue weighted by Gasteiger charge is 2.47. The average Bonchev–Trinajstić information content (AvgIpc) is 3.77. The second kappa shape index (κ2) is 20.6. The van der Waals surface area contributed by atoms with Crippen molar-refractivity contribution in [1.29, 1.82) is 0 Å². The second-order valence-corrected chi connectivity index (χ2v) is 43.2. The van der Waals surface area contributed by atoms with E-state index in [1.165, 1.54) is 9.59 Å². The van der Waals surface area contributed by atoms with Crippen LogP contribution in [0, 0.1) is 6.92 Å². The highest BCUT2D eigenvalue weighted by molar-refractivity contribution is 6.91. The van der Waals surface area contributed by atoms with E-state index in [0.717, 1.165) is 75.7 Å². The summed E-state index contributed by atoms with van der Waals surface area (Å²) in [5.74, 6) is 0.217. The van der Waals surface area contributed by atoms with Crippen LogP contribution in [0.15, 0.2) is 90.5 Å². The van der Waals surface area contributed by atoms with Crippen LogP contribution in [0.4, 0.5) is 0 Å². The van der Waals surface area contributed by atoms with Crippen molar-refractivity contribution in [3.8, 4) is 11.4 Å². The standard InChI is InChI=1S/C45H72N6O7Si6/c1-35(30-36(2)32-39(34-52)50-46-40-24-16-17-25-41(40)47-50)22-20-28-59(4,5)54-61(8,9)56-63(12,13)58-64(14,15)57-62(10,11)55-60(6,7)29-21-23-38-31-37(3)33-44(45(38)53)51-48-42-26-18-19-27-43(42)49-51/h16-19,24-27,30-33,52-53H,1,20-23,28-29,34H2,2-15H3/b36-30-,39-32+. The van der Waals surface area contributed by atoms with Gasteiger partial charge in [-0.2, -0.15) is 4.80 Å². The SMILES string of the molecule is C=C(/C=C(C)\C=C(/CO)n1nc2ccccc2n1)CCC[Si](C)(C)O[Si](C)(C)O[Si](C)(C)O[Si](C)(C)O[Si](C)(C)O[Si](C)(C)CCCc1cc(C)cc(-n2nc3ccccc3n2)c1O. The molecule has 0 bridgehead atoms. The molecule has 0 spiro atoms. The molecule has 348 valence electrons. The van der Waals surface area contributed by atoms with Gasteiger partial charge in [0.2, 0.25) is 0 Å². The van der Waals surface area contributed by atoms with E-state index in [1.54, 1.807) is 0 Å². The van der Waals surface area contributed by atoms with Crippen LogP contribution in [-0.2, 0) is 27.0 Å². The molecular formula is C45H72N6O7Si6. The zero-order chi connectivity index (χ0) is 47.3. The Bertz CT molecular complexity index is 2410. The summed E-state index contributed by atoms with van der Waals surface area (Å²) in [6, 6.07) is 21.2. The molecule has 0 amide bonds. The highest BCUT2D eigenvalue weighted by Crippen LogP contribution is 2.33. The van der Waals surface area contributed by atoms with Gasteiger partial charge in [-0.25, -0.2) is 0 Å². The number of hydrogen-bond acceptors (Lipinski definition) is 11. The monoisotopic (exact) mass is 976 g/mol. The number of hydrogen-bond donors (Lipinski definition) is 2. The van der Waals surface area contributed by atoms with E-state index >= 15 is 0 Å². The van der Waals surface area contributed by atoms with Crippen molar-refractivity contribution in [3.63, 3.8) is 0 Å². The maximum Gasteiger partial charge on any atom is 0.314 e. The Morgan fingerprint density at radius 1 is 0.641 bits per heavy atom. The number of phenolic OH excluding ortho intramolecular Hbond substituents is 1. The van der Waals surface area contributed by atoms with Crippen LogP contribution in [0.1, 0.15) is 37.3 Å². The van der Waals surface area contributed by atoms with Crippen LogP contribution < -0.4 is 0 Å². The largest absolute Gasteiger partial charge is 0.505 e. The van der Waals surface area contributed by atoms with Gasteiger partial charge < -0.3 is 30.8 Å². The number of phenols is 1. The maximum absolute atomic E-state index is 11.3. The molecule has 64 heavy (non-hydrogen) atoms. The Balaban J connectivity index is 1.08. The van der Waals surface area contributed by atoms with Crippen LogP contribution in [0.2, 0.25) is 90.7 Å². The second-order valence-electron chi connectivity index (χ2n) is 19.9. The topological polar surface area (TPSA) is 148 Å². The van der Waals surface area contributed by atoms with Crippen LogP contribution >= 0.6 is 0 Å². The quantitative estimate of drug-likeness (QED) is 0.0476. The number of aromatic nitrogens is 6. The third-order valence-corrected chi connectivity index (χ3v) is 33.6. The Morgan fingerprint density at radius 2 is 1.08 bits per heavy atom. The number of aliphatic hydroxyl groups excluding tert-OH is 1. The molecule has 0 unspecified atom stereocenters. The molecule has 3 aromatic carbocycles. The Kier molecular flexibility index (Phi) is 16.6. The molecule has 0 radical (unpaired) electrons. The van der Waals surface area contributed by atoms with Crippen molar-refractivity contribution < 1.29 is 30.8 Å². The van der Waals surface area contributed by atoms with Gasteiger partial charge in [-0.15, -0.1) is 25.2 Å². The molecule has 0 fully saturated rings. The number of nitrogens with zero attached hydrogens (tertiary/aromatic N) is 6. The van der Waals surface area contributed by atoms with Gasteiger partial charge in [0.05, 0.1) is 12.3 Å². The molecule has 2 aromatic heterocycles. The van der Waals surface area contributed by atoms with Gasteiger partial charge >= 0.3 is 34.2 Å². The summed E-state index contributed by atoms with van der Waals surface area (Å²) < 4.78 is 34.5. The zero-order valence-electron chi connectivity index (χ0n) is 40.7. The number of allylic oxidation sites excluding steroid dienone is 4. The Labute approximate surface area is 387 Å². The molecule has 5 rings (SSSR count). The molecule has 0 saturated carbocycles.